The quantitative estimate of drug-likeness (QED) is 0.571. The van der Waals surface area contributed by atoms with Crippen molar-refractivity contribution in [1.29, 1.82) is 0 Å². The summed E-state index contributed by atoms with van der Waals surface area (Å²) >= 11 is 1.55. The van der Waals surface area contributed by atoms with Crippen LogP contribution in [0.2, 0.25) is 0 Å². The molecule has 2 atom stereocenters. The third kappa shape index (κ3) is 5.05. The fraction of sp³-hybridized carbons (Fsp3) is 0.571. The number of carbonyl (C=O) groups is 1. The zero-order valence-electron chi connectivity index (χ0n) is 17.7. The van der Waals surface area contributed by atoms with Crippen molar-refractivity contribution in [3.8, 4) is 0 Å². The van der Waals surface area contributed by atoms with Gasteiger partial charge in [0.1, 0.15) is 5.82 Å². The Balaban J connectivity index is 1.69. The third-order valence-electron chi connectivity index (χ3n) is 5.74. The Morgan fingerprint density at radius 3 is 2.97 bits per heavy atom. The molecule has 2 aromatic heterocycles. The highest BCUT2D eigenvalue weighted by molar-refractivity contribution is 7.07. The van der Waals surface area contributed by atoms with Gasteiger partial charge in [0.05, 0.1) is 29.0 Å². The van der Waals surface area contributed by atoms with E-state index in [0.717, 1.165) is 63.4 Å². The Hall–Kier alpha value is -2.19. The summed E-state index contributed by atoms with van der Waals surface area (Å²) in [5, 5.41) is 4.89. The lowest BCUT2D eigenvalue weighted by Crippen LogP contribution is -2.33. The summed E-state index contributed by atoms with van der Waals surface area (Å²) in [5.41, 5.74) is 5.33. The first-order chi connectivity index (χ1) is 14.1. The summed E-state index contributed by atoms with van der Waals surface area (Å²) in [6, 6.07) is 0.281. The van der Waals surface area contributed by atoms with E-state index < -0.39 is 0 Å². The molecule has 29 heavy (non-hydrogen) atoms. The number of thiazole rings is 1. The Labute approximate surface area is 177 Å². The van der Waals surface area contributed by atoms with Crippen molar-refractivity contribution >= 4 is 17.7 Å². The number of amides is 1. The minimum atomic E-state index is -0.0699. The Kier molecular flexibility index (Phi) is 7.44. The summed E-state index contributed by atoms with van der Waals surface area (Å²) in [5.74, 6) is 1.10. The average Bonchev–Trinajstić information content (AvgIpc) is 3.35. The smallest absolute Gasteiger partial charge is 0.207 e. The molecule has 0 bridgehead atoms. The first kappa shape index (κ1) is 21.5. The topological polar surface area (TPSA) is 66.3 Å². The predicted molar refractivity (Wildman–Crippen MR) is 117 cm³/mol. The number of hydrogen-bond donors (Lipinski definition) is 1. The molecule has 0 radical (unpaired) electrons. The predicted octanol–water partition coefficient (Wildman–Crippen LogP) is 2.91. The van der Waals surface area contributed by atoms with Gasteiger partial charge in [0.15, 0.2) is 0 Å². The molecule has 7 nitrogen and oxygen atoms in total. The highest BCUT2D eigenvalue weighted by atomic mass is 32.1. The van der Waals surface area contributed by atoms with Gasteiger partial charge in [-0.25, -0.2) is 9.97 Å². The van der Waals surface area contributed by atoms with Gasteiger partial charge in [0.2, 0.25) is 6.41 Å². The maximum atomic E-state index is 11.0. The highest BCUT2D eigenvalue weighted by Crippen LogP contribution is 2.26. The SMILES string of the molecule is C=CN(CCC(NC=O)c1cscn1)CC(CC)n1c(C)nc2c1CCN(C)C2. The van der Waals surface area contributed by atoms with E-state index in [-0.39, 0.29) is 6.04 Å². The van der Waals surface area contributed by atoms with E-state index >= 15 is 0 Å². The fourth-order valence-electron chi connectivity index (χ4n) is 4.16. The summed E-state index contributed by atoms with van der Waals surface area (Å²) in [6.07, 6.45) is 5.54. The van der Waals surface area contributed by atoms with Gasteiger partial charge in [0.25, 0.3) is 0 Å². The second-order valence-electron chi connectivity index (χ2n) is 7.69. The van der Waals surface area contributed by atoms with Crippen LogP contribution < -0.4 is 5.32 Å². The number of aromatic nitrogens is 3. The molecule has 0 saturated heterocycles. The largest absolute Gasteiger partial charge is 0.376 e. The van der Waals surface area contributed by atoms with Crippen molar-refractivity contribution in [1.82, 2.24) is 29.7 Å². The molecule has 1 aliphatic heterocycles. The Bertz CT molecular complexity index is 802. The van der Waals surface area contributed by atoms with Gasteiger partial charge >= 0.3 is 0 Å². The molecular formula is C21H32N6OS. The Morgan fingerprint density at radius 2 is 2.31 bits per heavy atom. The molecule has 0 spiro atoms. The minimum Gasteiger partial charge on any atom is -0.376 e. The molecular weight excluding hydrogens is 384 g/mol. The lowest BCUT2D eigenvalue weighted by atomic mass is 10.1. The van der Waals surface area contributed by atoms with Gasteiger partial charge in [0, 0.05) is 43.7 Å². The molecule has 0 aliphatic carbocycles. The Morgan fingerprint density at radius 1 is 1.48 bits per heavy atom. The number of aryl methyl sites for hydroxylation is 1. The molecule has 3 rings (SSSR count). The maximum Gasteiger partial charge on any atom is 0.207 e. The van der Waals surface area contributed by atoms with Gasteiger partial charge < -0.3 is 19.7 Å². The maximum absolute atomic E-state index is 11.0. The number of hydrogen-bond acceptors (Lipinski definition) is 6. The van der Waals surface area contributed by atoms with Crippen LogP contribution in [0.4, 0.5) is 0 Å². The first-order valence-electron chi connectivity index (χ1n) is 10.3. The molecule has 0 fully saturated rings. The van der Waals surface area contributed by atoms with E-state index in [2.05, 4.69) is 52.1 Å². The van der Waals surface area contributed by atoms with Crippen molar-refractivity contribution in [2.45, 2.75) is 51.7 Å². The number of nitrogens with one attached hydrogen (secondary N) is 1. The lowest BCUT2D eigenvalue weighted by Gasteiger charge is -2.31. The van der Waals surface area contributed by atoms with Crippen LogP contribution in [0, 0.1) is 6.92 Å². The molecule has 2 aromatic rings. The van der Waals surface area contributed by atoms with Crippen LogP contribution in [0.1, 0.15) is 54.8 Å². The van der Waals surface area contributed by atoms with E-state index in [4.69, 9.17) is 4.98 Å². The molecule has 2 unspecified atom stereocenters. The van der Waals surface area contributed by atoms with Crippen molar-refractivity contribution in [3.05, 3.63) is 46.6 Å². The average molecular weight is 417 g/mol. The second-order valence-corrected chi connectivity index (χ2v) is 8.41. The number of rotatable bonds is 11. The van der Waals surface area contributed by atoms with Crippen LogP contribution in [0.25, 0.3) is 0 Å². The van der Waals surface area contributed by atoms with Gasteiger partial charge in [-0.05, 0) is 33.0 Å². The van der Waals surface area contributed by atoms with Crippen molar-refractivity contribution in [2.75, 3.05) is 26.7 Å². The van der Waals surface area contributed by atoms with Gasteiger partial charge in [-0.3, -0.25) is 4.79 Å². The van der Waals surface area contributed by atoms with E-state index in [1.165, 1.54) is 11.4 Å². The monoisotopic (exact) mass is 416 g/mol. The van der Waals surface area contributed by atoms with Crippen LogP contribution >= 0.6 is 11.3 Å². The van der Waals surface area contributed by atoms with Gasteiger partial charge in [-0.1, -0.05) is 13.5 Å². The van der Waals surface area contributed by atoms with Crippen LogP contribution in [0.3, 0.4) is 0 Å². The normalized spacial score (nSPS) is 16.1. The van der Waals surface area contributed by atoms with Crippen LogP contribution in [0.15, 0.2) is 23.7 Å². The fourth-order valence-corrected chi connectivity index (χ4v) is 4.77. The van der Waals surface area contributed by atoms with Gasteiger partial charge in [-0.15, -0.1) is 11.3 Å². The number of nitrogens with zero attached hydrogens (tertiary/aromatic N) is 5. The summed E-state index contributed by atoms with van der Waals surface area (Å²) in [4.78, 5) is 24.8. The van der Waals surface area contributed by atoms with Crippen molar-refractivity contribution in [3.63, 3.8) is 0 Å². The molecule has 0 saturated carbocycles. The van der Waals surface area contributed by atoms with Crippen LogP contribution in [0.5, 0.6) is 0 Å². The second kappa shape index (κ2) is 10.0. The molecule has 1 amide bonds. The van der Waals surface area contributed by atoms with Crippen LogP contribution in [-0.4, -0.2) is 57.4 Å². The number of imidazole rings is 1. The van der Waals surface area contributed by atoms with E-state index in [9.17, 15) is 4.79 Å². The van der Waals surface area contributed by atoms with E-state index in [1.54, 1.807) is 16.8 Å². The number of fused-ring (bicyclic) bond motifs is 1. The molecule has 1 N–H and O–H groups in total. The molecule has 8 heteroatoms. The third-order valence-corrected chi connectivity index (χ3v) is 6.35. The van der Waals surface area contributed by atoms with Crippen molar-refractivity contribution in [2.24, 2.45) is 0 Å². The molecule has 0 aromatic carbocycles. The summed E-state index contributed by atoms with van der Waals surface area (Å²) in [6.45, 7) is 12.1. The summed E-state index contributed by atoms with van der Waals surface area (Å²) < 4.78 is 2.44. The standard InChI is InChI=1S/C21H32N6OS/c1-5-17(27-16(3)24-19-12-25(4)9-8-21(19)27)11-26(6-2)10-7-18(22-14-28)20-13-29-15-23-20/h6,13-15,17-18H,2,5,7-12H2,1,3-4H3,(H,22,28). The number of carbonyl (C=O) groups excluding carboxylic acids is 1. The first-order valence-corrected chi connectivity index (χ1v) is 11.2. The van der Waals surface area contributed by atoms with Crippen LogP contribution in [-0.2, 0) is 17.8 Å². The minimum absolute atomic E-state index is 0.0699. The molecule has 158 valence electrons. The molecule has 3 heterocycles. The molecule has 1 aliphatic rings. The van der Waals surface area contributed by atoms with Gasteiger partial charge in [-0.2, -0.15) is 0 Å². The zero-order chi connectivity index (χ0) is 20.8. The lowest BCUT2D eigenvalue weighted by molar-refractivity contribution is -0.110. The van der Waals surface area contributed by atoms with E-state index in [0.29, 0.717) is 6.04 Å². The van der Waals surface area contributed by atoms with Crippen molar-refractivity contribution < 1.29 is 4.79 Å². The summed E-state index contributed by atoms with van der Waals surface area (Å²) in [7, 11) is 2.15. The highest BCUT2D eigenvalue weighted by Gasteiger charge is 2.25. The number of likely N-dealkylation sites (N-methyl/N-ethyl adjacent to an activating group) is 1. The zero-order valence-corrected chi connectivity index (χ0v) is 18.5. The van der Waals surface area contributed by atoms with E-state index in [1.807, 2.05) is 11.6 Å².